The van der Waals surface area contributed by atoms with Crippen LogP contribution in [0, 0.1) is 0 Å². The highest BCUT2D eigenvalue weighted by Crippen LogP contribution is 2.30. The molecule has 0 bridgehead atoms. The minimum atomic E-state index is -0.0964. The van der Waals surface area contributed by atoms with Crippen LogP contribution < -0.4 is 14.2 Å². The van der Waals surface area contributed by atoms with Crippen molar-refractivity contribution in [2.24, 2.45) is 4.99 Å². The molecule has 1 amide bonds. The summed E-state index contributed by atoms with van der Waals surface area (Å²) in [5, 5.41) is 0.713. The second-order valence-electron chi connectivity index (χ2n) is 6.65. The van der Waals surface area contributed by atoms with Gasteiger partial charge in [0.2, 0.25) is 0 Å². The van der Waals surface area contributed by atoms with Crippen LogP contribution in [0.2, 0.25) is 0 Å². The fourth-order valence-electron chi connectivity index (χ4n) is 3.07. The molecule has 0 aliphatic carbocycles. The molecule has 158 valence electrons. The van der Waals surface area contributed by atoms with Crippen LogP contribution in [0.4, 0.5) is 5.69 Å². The van der Waals surface area contributed by atoms with Gasteiger partial charge in [-0.15, -0.1) is 0 Å². The van der Waals surface area contributed by atoms with Gasteiger partial charge in [-0.3, -0.25) is 9.69 Å². The van der Waals surface area contributed by atoms with E-state index < -0.39 is 0 Å². The Morgan fingerprint density at radius 1 is 1.07 bits per heavy atom. The number of hydrogen-bond acceptors (Lipinski definition) is 6. The van der Waals surface area contributed by atoms with Crippen LogP contribution in [-0.2, 0) is 4.79 Å². The van der Waals surface area contributed by atoms with E-state index in [1.165, 1.54) is 0 Å². The zero-order chi connectivity index (χ0) is 21.5. The normalized spacial score (nSPS) is 17.5. The molecule has 3 rings (SSSR count). The third-order valence-corrected chi connectivity index (χ3v) is 5.87. The SMILES string of the molecule is CCC1CSC(=Nc2ccc(OC)cc2)N1C(=O)/C=C/c1cc(OC)cc(OC)c1. The van der Waals surface area contributed by atoms with Crippen molar-refractivity contribution >= 4 is 34.6 Å². The van der Waals surface area contributed by atoms with E-state index in [1.54, 1.807) is 56.2 Å². The molecule has 1 atom stereocenters. The summed E-state index contributed by atoms with van der Waals surface area (Å²) in [6, 6.07) is 13.1. The quantitative estimate of drug-likeness (QED) is 0.597. The van der Waals surface area contributed by atoms with Crippen LogP contribution in [0.5, 0.6) is 17.2 Å². The molecule has 0 aromatic heterocycles. The fraction of sp³-hybridized carbons (Fsp3) is 0.304. The Morgan fingerprint density at radius 3 is 2.27 bits per heavy atom. The average molecular weight is 427 g/mol. The third-order valence-electron chi connectivity index (χ3n) is 4.77. The Labute approximate surface area is 181 Å². The second-order valence-corrected chi connectivity index (χ2v) is 7.64. The average Bonchev–Trinajstić information content (AvgIpc) is 3.20. The molecule has 1 fully saturated rings. The Hall–Kier alpha value is -2.93. The maximum Gasteiger partial charge on any atom is 0.252 e. The van der Waals surface area contributed by atoms with Crippen molar-refractivity contribution in [2.45, 2.75) is 19.4 Å². The number of aliphatic imine (C=N–C) groups is 1. The van der Waals surface area contributed by atoms with Gasteiger partial charge in [0.1, 0.15) is 17.2 Å². The van der Waals surface area contributed by atoms with Gasteiger partial charge in [0.25, 0.3) is 5.91 Å². The van der Waals surface area contributed by atoms with Gasteiger partial charge in [0, 0.05) is 23.9 Å². The van der Waals surface area contributed by atoms with Crippen molar-refractivity contribution in [3.05, 3.63) is 54.1 Å². The van der Waals surface area contributed by atoms with E-state index in [9.17, 15) is 4.79 Å². The lowest BCUT2D eigenvalue weighted by Crippen LogP contribution is -2.37. The lowest BCUT2D eigenvalue weighted by Gasteiger charge is -2.21. The summed E-state index contributed by atoms with van der Waals surface area (Å²) in [5.74, 6) is 2.85. The molecule has 30 heavy (non-hydrogen) atoms. The van der Waals surface area contributed by atoms with E-state index in [2.05, 4.69) is 6.92 Å². The zero-order valence-corrected chi connectivity index (χ0v) is 18.4. The summed E-state index contributed by atoms with van der Waals surface area (Å²) in [6.07, 6.45) is 4.21. The highest BCUT2D eigenvalue weighted by atomic mass is 32.2. The molecule has 1 aliphatic rings. The fourth-order valence-corrected chi connectivity index (χ4v) is 4.35. The monoisotopic (exact) mass is 426 g/mol. The molecule has 6 nitrogen and oxygen atoms in total. The number of amidine groups is 1. The van der Waals surface area contributed by atoms with Gasteiger partial charge in [-0.25, -0.2) is 4.99 Å². The number of carbonyl (C=O) groups excluding carboxylic acids is 1. The molecular formula is C23H26N2O4S. The van der Waals surface area contributed by atoms with Crippen LogP contribution in [0.3, 0.4) is 0 Å². The number of hydrogen-bond donors (Lipinski definition) is 0. The van der Waals surface area contributed by atoms with Crippen molar-refractivity contribution in [1.29, 1.82) is 0 Å². The Morgan fingerprint density at radius 2 is 1.70 bits per heavy atom. The molecule has 1 heterocycles. The molecule has 1 aliphatic heterocycles. The van der Waals surface area contributed by atoms with E-state index >= 15 is 0 Å². The van der Waals surface area contributed by atoms with Crippen molar-refractivity contribution in [2.75, 3.05) is 27.1 Å². The predicted molar refractivity (Wildman–Crippen MR) is 122 cm³/mol. The molecule has 0 spiro atoms. The number of methoxy groups -OCH3 is 3. The van der Waals surface area contributed by atoms with Gasteiger partial charge >= 0.3 is 0 Å². The molecule has 2 aromatic rings. The summed E-state index contributed by atoms with van der Waals surface area (Å²) in [7, 11) is 4.83. The molecule has 1 unspecified atom stereocenters. The van der Waals surface area contributed by atoms with Crippen molar-refractivity contribution in [1.82, 2.24) is 4.90 Å². The number of rotatable bonds is 7. The van der Waals surface area contributed by atoms with Gasteiger partial charge in [-0.1, -0.05) is 18.7 Å². The van der Waals surface area contributed by atoms with Crippen molar-refractivity contribution in [3.8, 4) is 17.2 Å². The summed E-state index contributed by atoms with van der Waals surface area (Å²) in [4.78, 5) is 19.5. The van der Waals surface area contributed by atoms with E-state index in [-0.39, 0.29) is 11.9 Å². The number of amides is 1. The number of thioether (sulfide) groups is 1. The molecule has 0 saturated carbocycles. The number of nitrogens with zero attached hydrogens (tertiary/aromatic N) is 2. The zero-order valence-electron chi connectivity index (χ0n) is 17.6. The van der Waals surface area contributed by atoms with Crippen LogP contribution in [0.1, 0.15) is 18.9 Å². The first-order chi connectivity index (χ1) is 14.6. The molecule has 0 radical (unpaired) electrons. The predicted octanol–water partition coefficient (Wildman–Crippen LogP) is 4.77. The van der Waals surface area contributed by atoms with Crippen LogP contribution in [0.25, 0.3) is 6.08 Å². The van der Waals surface area contributed by atoms with E-state index in [4.69, 9.17) is 19.2 Å². The Balaban J connectivity index is 1.83. The highest BCUT2D eigenvalue weighted by Gasteiger charge is 2.32. The summed E-state index contributed by atoms with van der Waals surface area (Å²) in [6.45, 7) is 2.08. The lowest BCUT2D eigenvalue weighted by molar-refractivity contribution is -0.123. The van der Waals surface area contributed by atoms with Gasteiger partial charge < -0.3 is 14.2 Å². The van der Waals surface area contributed by atoms with E-state index in [0.717, 1.165) is 29.2 Å². The second kappa shape index (κ2) is 10.2. The standard InChI is InChI=1S/C23H26N2O4S/c1-5-18-15-30-23(24-17-7-9-19(27-2)10-8-17)25(18)22(26)11-6-16-12-20(28-3)14-21(13-16)29-4/h6-14,18H,5,15H2,1-4H3/b11-6+,24-23?. The van der Waals surface area contributed by atoms with Crippen LogP contribution in [-0.4, -0.2) is 49.1 Å². The van der Waals surface area contributed by atoms with Crippen molar-refractivity contribution < 1.29 is 19.0 Å². The largest absolute Gasteiger partial charge is 0.497 e. The van der Waals surface area contributed by atoms with Gasteiger partial charge in [-0.2, -0.15) is 0 Å². The Bertz CT molecular complexity index is 918. The minimum Gasteiger partial charge on any atom is -0.497 e. The van der Waals surface area contributed by atoms with Gasteiger partial charge in [0.05, 0.1) is 27.0 Å². The highest BCUT2D eigenvalue weighted by molar-refractivity contribution is 8.14. The number of carbonyl (C=O) groups is 1. The number of ether oxygens (including phenoxy) is 3. The lowest BCUT2D eigenvalue weighted by atomic mass is 10.1. The van der Waals surface area contributed by atoms with Crippen LogP contribution in [0.15, 0.2) is 53.5 Å². The van der Waals surface area contributed by atoms with Gasteiger partial charge in [-0.05, 0) is 54.5 Å². The molecule has 7 heteroatoms. The summed E-state index contributed by atoms with van der Waals surface area (Å²) >= 11 is 1.60. The maximum atomic E-state index is 13.1. The Kier molecular flexibility index (Phi) is 7.41. The maximum absolute atomic E-state index is 13.1. The first-order valence-corrected chi connectivity index (χ1v) is 10.7. The van der Waals surface area contributed by atoms with Crippen molar-refractivity contribution in [3.63, 3.8) is 0 Å². The first-order valence-electron chi connectivity index (χ1n) is 9.67. The van der Waals surface area contributed by atoms with Gasteiger partial charge in [0.15, 0.2) is 5.17 Å². The topological polar surface area (TPSA) is 60.4 Å². The third kappa shape index (κ3) is 5.16. The smallest absolute Gasteiger partial charge is 0.252 e. The van der Waals surface area contributed by atoms with E-state index in [0.29, 0.717) is 16.7 Å². The molecular weight excluding hydrogens is 400 g/mol. The molecule has 0 N–H and O–H groups in total. The molecule has 2 aromatic carbocycles. The van der Waals surface area contributed by atoms with E-state index in [1.807, 2.05) is 36.4 Å². The summed E-state index contributed by atoms with van der Waals surface area (Å²) < 4.78 is 15.8. The number of benzene rings is 2. The molecule has 1 saturated heterocycles. The minimum absolute atomic E-state index is 0.0964. The van der Waals surface area contributed by atoms with Crippen LogP contribution >= 0.6 is 11.8 Å². The first kappa shape index (κ1) is 21.8. The summed E-state index contributed by atoms with van der Waals surface area (Å²) in [5.41, 5.74) is 1.61.